The molecule has 2 unspecified atom stereocenters. The zero-order valence-corrected chi connectivity index (χ0v) is 15.8. The van der Waals surface area contributed by atoms with Gasteiger partial charge in [-0.3, -0.25) is 4.79 Å². The van der Waals surface area contributed by atoms with E-state index < -0.39 is 23.7 Å². The highest BCUT2D eigenvalue weighted by Gasteiger charge is 2.23. The van der Waals surface area contributed by atoms with Gasteiger partial charge in [-0.05, 0) is 45.8 Å². The lowest BCUT2D eigenvalue weighted by Crippen LogP contribution is -2.43. The van der Waals surface area contributed by atoms with Crippen molar-refractivity contribution in [1.29, 1.82) is 0 Å². The van der Waals surface area contributed by atoms with E-state index in [9.17, 15) is 14.4 Å². The fraction of sp³-hybridized carbons (Fsp3) is 0.812. The highest BCUT2D eigenvalue weighted by Crippen LogP contribution is 2.11. The van der Waals surface area contributed by atoms with E-state index in [1.54, 1.807) is 20.8 Å². The van der Waals surface area contributed by atoms with Crippen LogP contribution >= 0.6 is 11.8 Å². The Hall–Kier alpha value is -1.48. The van der Waals surface area contributed by atoms with Crippen LogP contribution in [0.15, 0.2) is 0 Å². The Kier molecular flexibility index (Phi) is 9.05. The summed E-state index contributed by atoms with van der Waals surface area (Å²) in [6, 6.07) is -1.04. The Morgan fingerprint density at radius 3 is 2.64 bits per heavy atom. The molecular formula is C16H28N2O6S. The second-order valence-electron chi connectivity index (χ2n) is 6.82. The van der Waals surface area contributed by atoms with E-state index in [1.165, 1.54) is 11.8 Å². The molecule has 8 nitrogen and oxygen atoms in total. The number of amides is 2. The lowest BCUT2D eigenvalue weighted by molar-refractivity contribution is -0.139. The summed E-state index contributed by atoms with van der Waals surface area (Å²) >= 11 is 1.32. The van der Waals surface area contributed by atoms with Gasteiger partial charge in [0.2, 0.25) is 5.91 Å². The minimum Gasteiger partial charge on any atom is -0.480 e. The second kappa shape index (κ2) is 10.5. The summed E-state index contributed by atoms with van der Waals surface area (Å²) in [7, 11) is 0. The Morgan fingerprint density at radius 1 is 1.36 bits per heavy atom. The maximum absolute atomic E-state index is 11.7. The molecule has 144 valence electrons. The van der Waals surface area contributed by atoms with Crippen molar-refractivity contribution < 1.29 is 29.0 Å². The van der Waals surface area contributed by atoms with Crippen molar-refractivity contribution >= 4 is 29.7 Å². The molecule has 9 heteroatoms. The second-order valence-corrected chi connectivity index (χ2v) is 7.92. The number of carboxylic acid groups (broad SMARTS) is 1. The quantitative estimate of drug-likeness (QED) is 0.521. The Labute approximate surface area is 152 Å². The Balaban J connectivity index is 2.20. The SMILES string of the molecule is CC(C)(C)OC(=O)NC(CCSCC(=O)NCC1CCCO1)C(=O)O. The molecule has 1 aliphatic rings. The van der Waals surface area contributed by atoms with Crippen LogP contribution in [-0.4, -0.2) is 65.5 Å². The van der Waals surface area contributed by atoms with Gasteiger partial charge in [-0.2, -0.15) is 11.8 Å². The summed E-state index contributed by atoms with van der Waals surface area (Å²) in [6.07, 6.45) is 1.53. The van der Waals surface area contributed by atoms with Crippen LogP contribution in [0.2, 0.25) is 0 Å². The number of carbonyl (C=O) groups is 3. The van der Waals surface area contributed by atoms with E-state index in [4.69, 9.17) is 14.6 Å². The average Bonchev–Trinajstić information content (AvgIpc) is 2.99. The van der Waals surface area contributed by atoms with E-state index in [2.05, 4.69) is 10.6 Å². The maximum Gasteiger partial charge on any atom is 0.408 e. The first kappa shape index (κ1) is 21.6. The molecule has 0 aromatic heterocycles. The number of hydrogen-bond donors (Lipinski definition) is 3. The summed E-state index contributed by atoms with van der Waals surface area (Å²) in [6.45, 7) is 6.36. The Bertz CT molecular complexity index is 460. The first-order valence-electron chi connectivity index (χ1n) is 8.36. The number of hydrogen-bond acceptors (Lipinski definition) is 6. The summed E-state index contributed by atoms with van der Waals surface area (Å²) < 4.78 is 10.5. The van der Waals surface area contributed by atoms with Gasteiger partial charge in [-0.25, -0.2) is 9.59 Å². The molecule has 1 aliphatic heterocycles. The van der Waals surface area contributed by atoms with Gasteiger partial charge >= 0.3 is 12.1 Å². The monoisotopic (exact) mass is 376 g/mol. The third kappa shape index (κ3) is 10.2. The van der Waals surface area contributed by atoms with E-state index >= 15 is 0 Å². The van der Waals surface area contributed by atoms with Crippen molar-refractivity contribution in [2.24, 2.45) is 0 Å². The molecule has 25 heavy (non-hydrogen) atoms. The van der Waals surface area contributed by atoms with Crippen molar-refractivity contribution in [2.75, 3.05) is 24.7 Å². The summed E-state index contributed by atoms with van der Waals surface area (Å²) in [4.78, 5) is 34.6. The number of nitrogens with one attached hydrogen (secondary N) is 2. The lowest BCUT2D eigenvalue weighted by atomic mass is 10.2. The highest BCUT2D eigenvalue weighted by molar-refractivity contribution is 7.99. The molecule has 1 saturated heterocycles. The molecule has 0 spiro atoms. The third-order valence-corrected chi connectivity index (χ3v) is 4.31. The largest absolute Gasteiger partial charge is 0.480 e. The fourth-order valence-corrected chi connectivity index (χ4v) is 2.99. The molecular weight excluding hydrogens is 348 g/mol. The van der Waals surface area contributed by atoms with E-state index in [1.807, 2.05) is 0 Å². The van der Waals surface area contributed by atoms with Gasteiger partial charge in [0.15, 0.2) is 0 Å². The molecule has 0 aliphatic carbocycles. The predicted octanol–water partition coefficient (Wildman–Crippen LogP) is 1.38. The molecule has 0 aromatic rings. The first-order valence-corrected chi connectivity index (χ1v) is 9.51. The van der Waals surface area contributed by atoms with Gasteiger partial charge in [-0.15, -0.1) is 0 Å². The Morgan fingerprint density at radius 2 is 2.08 bits per heavy atom. The smallest absolute Gasteiger partial charge is 0.408 e. The van der Waals surface area contributed by atoms with Gasteiger partial charge in [0.05, 0.1) is 11.9 Å². The van der Waals surface area contributed by atoms with Crippen LogP contribution < -0.4 is 10.6 Å². The number of thioether (sulfide) groups is 1. The topological polar surface area (TPSA) is 114 Å². The van der Waals surface area contributed by atoms with Crippen molar-refractivity contribution in [1.82, 2.24) is 10.6 Å². The van der Waals surface area contributed by atoms with Gasteiger partial charge in [0.1, 0.15) is 11.6 Å². The number of alkyl carbamates (subject to hydrolysis) is 1. The van der Waals surface area contributed by atoms with Crippen LogP contribution in [0.1, 0.15) is 40.0 Å². The van der Waals surface area contributed by atoms with Crippen LogP contribution in [0, 0.1) is 0 Å². The molecule has 1 fully saturated rings. The fourth-order valence-electron chi connectivity index (χ4n) is 2.16. The highest BCUT2D eigenvalue weighted by atomic mass is 32.2. The van der Waals surface area contributed by atoms with Gasteiger partial charge in [-0.1, -0.05) is 0 Å². The first-order chi connectivity index (χ1) is 11.7. The summed E-state index contributed by atoms with van der Waals surface area (Å²) in [5.74, 6) is -0.562. The molecule has 2 atom stereocenters. The molecule has 0 aromatic carbocycles. The minimum absolute atomic E-state index is 0.100. The van der Waals surface area contributed by atoms with E-state index in [0.29, 0.717) is 12.3 Å². The van der Waals surface area contributed by atoms with Gasteiger partial charge in [0, 0.05) is 13.2 Å². The van der Waals surface area contributed by atoms with Crippen LogP contribution in [0.5, 0.6) is 0 Å². The van der Waals surface area contributed by atoms with E-state index in [-0.39, 0.29) is 24.2 Å². The number of rotatable bonds is 9. The average molecular weight is 376 g/mol. The summed E-state index contributed by atoms with van der Waals surface area (Å²) in [5, 5.41) is 14.3. The zero-order chi connectivity index (χ0) is 18.9. The van der Waals surface area contributed by atoms with Crippen molar-refractivity contribution in [3.63, 3.8) is 0 Å². The predicted molar refractivity (Wildman–Crippen MR) is 94.7 cm³/mol. The molecule has 1 heterocycles. The molecule has 0 radical (unpaired) electrons. The molecule has 3 N–H and O–H groups in total. The number of carboxylic acids is 1. The van der Waals surface area contributed by atoms with Crippen molar-refractivity contribution in [3.05, 3.63) is 0 Å². The molecule has 0 bridgehead atoms. The molecule has 0 saturated carbocycles. The molecule has 2 amide bonds. The minimum atomic E-state index is -1.13. The number of ether oxygens (including phenoxy) is 2. The van der Waals surface area contributed by atoms with Crippen LogP contribution in [-0.2, 0) is 19.1 Å². The number of aliphatic carboxylic acids is 1. The maximum atomic E-state index is 11.7. The zero-order valence-electron chi connectivity index (χ0n) is 15.0. The van der Waals surface area contributed by atoms with Crippen molar-refractivity contribution in [2.45, 2.75) is 57.8 Å². The van der Waals surface area contributed by atoms with Crippen LogP contribution in [0.3, 0.4) is 0 Å². The molecule has 1 rings (SSSR count). The van der Waals surface area contributed by atoms with E-state index in [0.717, 1.165) is 19.4 Å². The lowest BCUT2D eigenvalue weighted by Gasteiger charge is -2.21. The van der Waals surface area contributed by atoms with Crippen molar-refractivity contribution in [3.8, 4) is 0 Å². The third-order valence-electron chi connectivity index (χ3n) is 3.32. The van der Waals surface area contributed by atoms with Crippen LogP contribution in [0.4, 0.5) is 4.79 Å². The van der Waals surface area contributed by atoms with Crippen LogP contribution in [0.25, 0.3) is 0 Å². The standard InChI is InChI=1S/C16H28N2O6S/c1-16(2,3)24-15(22)18-12(14(20)21)6-8-25-10-13(19)17-9-11-5-4-7-23-11/h11-12H,4-10H2,1-3H3,(H,17,19)(H,18,22)(H,20,21). The van der Waals surface area contributed by atoms with Gasteiger partial charge < -0.3 is 25.2 Å². The number of carbonyl (C=O) groups excluding carboxylic acids is 2. The normalized spacial score (nSPS) is 18.4. The summed E-state index contributed by atoms with van der Waals surface area (Å²) in [5.41, 5.74) is -0.691. The van der Waals surface area contributed by atoms with Gasteiger partial charge in [0.25, 0.3) is 0 Å².